The van der Waals surface area contributed by atoms with Crippen LogP contribution in [0.25, 0.3) is 0 Å². The van der Waals surface area contributed by atoms with Crippen LogP contribution in [0.5, 0.6) is 0 Å². The van der Waals surface area contributed by atoms with Crippen molar-refractivity contribution in [1.82, 2.24) is 0 Å². The molecule has 5 nitrogen and oxygen atoms in total. The van der Waals surface area contributed by atoms with Gasteiger partial charge in [-0.2, -0.15) is 0 Å². The van der Waals surface area contributed by atoms with Gasteiger partial charge in [0.15, 0.2) is 0 Å². The van der Waals surface area contributed by atoms with Gasteiger partial charge in [0.2, 0.25) is 0 Å². The lowest BCUT2D eigenvalue weighted by Gasteiger charge is -2.14. The second kappa shape index (κ2) is 6.00. The molecule has 0 amide bonds. The van der Waals surface area contributed by atoms with Crippen molar-refractivity contribution < 1.29 is 18.4 Å². The molecule has 0 spiro atoms. The lowest BCUT2D eigenvalue weighted by atomic mass is 9.99. The number of carbonyl (C=O) groups is 1. The van der Waals surface area contributed by atoms with E-state index in [4.69, 9.17) is 28.0 Å². The summed E-state index contributed by atoms with van der Waals surface area (Å²) in [6.07, 6.45) is 0.498. The van der Waals surface area contributed by atoms with Gasteiger partial charge in [0, 0.05) is 17.7 Å². The molecule has 0 N–H and O–H groups in total. The lowest BCUT2D eigenvalue weighted by molar-refractivity contribution is 0.108. The van der Waals surface area contributed by atoms with Gasteiger partial charge in [-0.15, -0.1) is 0 Å². The summed E-state index contributed by atoms with van der Waals surface area (Å²) in [4.78, 5) is 16.1. The van der Waals surface area contributed by atoms with Gasteiger partial charge >= 0.3 is 0 Å². The van der Waals surface area contributed by atoms with Crippen molar-refractivity contribution in [2.75, 3.05) is 6.61 Å². The molecule has 0 aliphatic carbocycles. The Kier molecular flexibility index (Phi) is 4.57. The van der Waals surface area contributed by atoms with E-state index in [9.17, 15) is 13.6 Å². The minimum absolute atomic E-state index is 0.104. The normalized spacial score (nSPS) is 15.8. The molecule has 1 aromatic carbocycles. The zero-order chi connectivity index (χ0) is 14.0. The number of nitrogens with zero attached hydrogens (tertiary/aromatic N) is 1. The van der Waals surface area contributed by atoms with Gasteiger partial charge in [0.1, 0.15) is 6.61 Å². The topological polar surface area (TPSA) is 78.8 Å². The first-order chi connectivity index (χ1) is 9.00. The lowest BCUT2D eigenvalue weighted by Crippen LogP contribution is -2.09. The molecule has 19 heavy (non-hydrogen) atoms. The number of benzene rings is 1. The predicted molar refractivity (Wildman–Crippen MR) is 71.4 cm³/mol. The van der Waals surface area contributed by atoms with Crippen LogP contribution < -0.4 is 0 Å². The van der Waals surface area contributed by atoms with Gasteiger partial charge in [-0.3, -0.25) is 9.00 Å². The van der Waals surface area contributed by atoms with Crippen LogP contribution >= 0.6 is 23.2 Å². The highest BCUT2D eigenvalue weighted by atomic mass is 35.5. The first-order valence-corrected chi connectivity index (χ1v) is 7.27. The Morgan fingerprint density at radius 2 is 2.26 bits per heavy atom. The number of hydrogen-bond acceptors (Lipinski definition) is 5. The van der Waals surface area contributed by atoms with Crippen molar-refractivity contribution in [3.63, 3.8) is 0 Å². The minimum Gasteiger partial charge on any atom is -0.772 e. The molecule has 1 unspecified atom stereocenters. The van der Waals surface area contributed by atoms with E-state index < -0.39 is 16.3 Å². The van der Waals surface area contributed by atoms with Crippen LogP contribution in [0.15, 0.2) is 17.3 Å². The van der Waals surface area contributed by atoms with Crippen molar-refractivity contribution in [3.05, 3.63) is 33.8 Å². The first kappa shape index (κ1) is 14.5. The number of halogens is 2. The molecule has 1 aliphatic rings. The van der Waals surface area contributed by atoms with Gasteiger partial charge in [-0.05, 0) is 23.2 Å². The summed E-state index contributed by atoms with van der Waals surface area (Å²) in [6, 6.07) is 2.91. The number of hydrogen-bond donors (Lipinski definition) is 0. The summed E-state index contributed by atoms with van der Waals surface area (Å²) >= 11 is 9.28. The fourth-order valence-corrected chi connectivity index (χ4v) is 2.89. The van der Waals surface area contributed by atoms with Crippen molar-refractivity contribution >= 4 is 45.2 Å². The van der Waals surface area contributed by atoms with Gasteiger partial charge in [-0.1, -0.05) is 33.9 Å². The number of oxime groups is 1. The highest BCUT2D eigenvalue weighted by Crippen LogP contribution is 2.29. The Bertz CT molecular complexity index is 588. The maximum atomic E-state index is 11.3. The summed E-state index contributed by atoms with van der Waals surface area (Å²) in [5, 5.41) is 3.21. The van der Waals surface area contributed by atoms with E-state index in [0.29, 0.717) is 29.9 Å². The molecule has 1 aliphatic heterocycles. The Morgan fingerprint density at radius 3 is 2.79 bits per heavy atom. The highest BCUT2D eigenvalue weighted by Gasteiger charge is 2.22. The van der Waals surface area contributed by atoms with E-state index in [0.717, 1.165) is 0 Å². The van der Waals surface area contributed by atoms with Crippen LogP contribution in [0.3, 0.4) is 0 Å². The van der Waals surface area contributed by atoms with Gasteiger partial charge < -0.3 is 9.39 Å². The molecule has 1 atom stereocenters. The van der Waals surface area contributed by atoms with E-state index in [-0.39, 0.29) is 16.3 Å². The molecule has 0 bridgehead atoms. The highest BCUT2D eigenvalue weighted by molar-refractivity contribution is 7.78. The molecular formula is C11H8Cl2NO4S-. The van der Waals surface area contributed by atoms with E-state index in [1.54, 1.807) is 0 Å². The smallest absolute Gasteiger partial charge is 0.253 e. The molecule has 2 rings (SSSR count). The molecule has 0 aromatic heterocycles. The quantitative estimate of drug-likeness (QED) is 0.629. The molecule has 0 radical (unpaired) electrons. The molecule has 0 fully saturated rings. The van der Waals surface area contributed by atoms with Crippen LogP contribution in [0.1, 0.15) is 27.9 Å². The van der Waals surface area contributed by atoms with Gasteiger partial charge in [0.25, 0.3) is 5.24 Å². The van der Waals surface area contributed by atoms with Gasteiger partial charge in [0.05, 0.1) is 16.3 Å². The summed E-state index contributed by atoms with van der Waals surface area (Å²) in [6.45, 7) is 0.393. The Hall–Kier alpha value is -0.950. The third-order valence-corrected chi connectivity index (χ3v) is 3.75. The largest absolute Gasteiger partial charge is 0.772 e. The van der Waals surface area contributed by atoms with Gasteiger partial charge in [-0.25, -0.2) is 0 Å². The molecule has 0 saturated carbocycles. The molecule has 102 valence electrons. The molecular weight excluding hydrogens is 313 g/mol. The second-order valence-electron chi connectivity index (χ2n) is 3.80. The standard InChI is InChI=1S/C11H9Cl2NO4S/c12-10-7(11(13)15)2-1-6(5-19(16)17)9(10)8-3-4-18-14-8/h1-2H,3-5H2,(H,16,17)/p-1. The molecule has 0 saturated heterocycles. The predicted octanol–water partition coefficient (Wildman–Crippen LogP) is 2.22. The summed E-state index contributed by atoms with van der Waals surface area (Å²) < 4.78 is 21.7. The molecule has 1 heterocycles. The minimum atomic E-state index is -2.27. The maximum Gasteiger partial charge on any atom is 0.253 e. The average Bonchev–Trinajstić information content (AvgIpc) is 2.81. The zero-order valence-electron chi connectivity index (χ0n) is 9.52. The van der Waals surface area contributed by atoms with Crippen LogP contribution in [0.2, 0.25) is 5.02 Å². The summed E-state index contributed by atoms with van der Waals surface area (Å²) in [5.41, 5.74) is 1.51. The summed E-state index contributed by atoms with van der Waals surface area (Å²) in [7, 11) is 0. The Balaban J connectivity index is 2.58. The Labute approximate surface area is 121 Å². The number of carbonyl (C=O) groups excluding carboxylic acids is 1. The summed E-state index contributed by atoms with van der Waals surface area (Å²) in [5.74, 6) is -0.217. The second-order valence-corrected chi connectivity index (χ2v) is 5.42. The fraction of sp³-hybridized carbons (Fsp3) is 0.273. The van der Waals surface area contributed by atoms with E-state index in [1.165, 1.54) is 12.1 Å². The average molecular weight is 321 g/mol. The van der Waals surface area contributed by atoms with Crippen LogP contribution in [-0.2, 0) is 21.7 Å². The molecule has 1 aromatic rings. The van der Waals surface area contributed by atoms with E-state index >= 15 is 0 Å². The Morgan fingerprint density at radius 1 is 1.53 bits per heavy atom. The first-order valence-electron chi connectivity index (χ1n) is 5.27. The number of rotatable bonds is 4. The third kappa shape index (κ3) is 3.14. The van der Waals surface area contributed by atoms with Crippen molar-refractivity contribution in [2.24, 2.45) is 5.16 Å². The fourth-order valence-electron chi connectivity index (χ4n) is 1.81. The van der Waals surface area contributed by atoms with E-state index in [2.05, 4.69) is 5.16 Å². The van der Waals surface area contributed by atoms with Crippen LogP contribution in [0, 0.1) is 0 Å². The van der Waals surface area contributed by atoms with Crippen LogP contribution in [-0.4, -0.2) is 26.3 Å². The maximum absolute atomic E-state index is 11.3. The van der Waals surface area contributed by atoms with Crippen molar-refractivity contribution in [1.29, 1.82) is 0 Å². The van der Waals surface area contributed by atoms with E-state index in [1.807, 2.05) is 0 Å². The monoisotopic (exact) mass is 320 g/mol. The zero-order valence-corrected chi connectivity index (χ0v) is 11.8. The van der Waals surface area contributed by atoms with Crippen molar-refractivity contribution in [3.8, 4) is 0 Å². The van der Waals surface area contributed by atoms with Crippen molar-refractivity contribution in [2.45, 2.75) is 12.2 Å². The molecule has 8 heteroatoms. The van der Waals surface area contributed by atoms with Crippen LogP contribution in [0.4, 0.5) is 0 Å². The SMILES string of the molecule is O=C(Cl)c1ccc(CS(=O)[O-])c(C2=NOCC2)c1Cl. The third-order valence-electron chi connectivity index (χ3n) is 2.61.